The lowest BCUT2D eigenvalue weighted by atomic mass is 9.84. The van der Waals surface area contributed by atoms with Crippen molar-refractivity contribution in [3.63, 3.8) is 0 Å². The van der Waals surface area contributed by atoms with E-state index in [0.29, 0.717) is 0 Å². The summed E-state index contributed by atoms with van der Waals surface area (Å²) < 4.78 is 4.94. The fraction of sp³-hybridized carbons (Fsp3) is 0.118. The van der Waals surface area contributed by atoms with Crippen LogP contribution in [0.1, 0.15) is 52.7 Å². The van der Waals surface area contributed by atoms with Crippen LogP contribution in [0.25, 0.3) is 98.3 Å². The lowest BCUT2D eigenvalue weighted by Gasteiger charge is -2.29. The number of anilines is 6. The van der Waals surface area contributed by atoms with Crippen LogP contribution in [-0.2, 0) is 10.8 Å². The summed E-state index contributed by atoms with van der Waals surface area (Å²) in [6, 6.07) is 75.5. The Hall–Kier alpha value is -9.00. The van der Waals surface area contributed by atoms with E-state index in [1.165, 1.54) is 43.4 Å². The van der Waals surface area contributed by atoms with Crippen molar-refractivity contribution in [1.29, 1.82) is 0 Å². The Balaban J connectivity index is 1.18. The molecule has 0 atom stereocenters. The van der Waals surface area contributed by atoms with Gasteiger partial charge in [-0.05, 0) is 123 Å². The van der Waals surface area contributed by atoms with Crippen molar-refractivity contribution in [3.8, 4) is 0 Å². The van der Waals surface area contributed by atoms with Gasteiger partial charge in [-0.2, -0.15) is 0 Å². The summed E-state index contributed by atoms with van der Waals surface area (Å²) >= 11 is 0. The summed E-state index contributed by atoms with van der Waals surface area (Å²) in [5.74, 6) is 0. The fourth-order valence-electron chi connectivity index (χ4n) is 12.2. The van der Waals surface area contributed by atoms with Gasteiger partial charge in [0, 0.05) is 60.5 Å². The zero-order valence-corrected chi connectivity index (χ0v) is 42.3. The van der Waals surface area contributed by atoms with Gasteiger partial charge in [-0.15, -0.1) is 0 Å². The van der Waals surface area contributed by atoms with Crippen LogP contribution in [0.15, 0.2) is 206 Å². The molecular weight excluding hydrogens is 901 g/mol. The number of aromatic nitrogens is 4. The second kappa shape index (κ2) is 15.3. The normalized spacial score (nSPS) is 12.7. The van der Waals surface area contributed by atoms with Crippen molar-refractivity contribution in [2.75, 3.05) is 9.80 Å². The maximum Gasteiger partial charge on any atom is 0.165 e. The fourth-order valence-corrected chi connectivity index (χ4v) is 12.2. The zero-order chi connectivity index (χ0) is 49.8. The van der Waals surface area contributed by atoms with Crippen molar-refractivity contribution < 1.29 is 0 Å². The Kier molecular flexibility index (Phi) is 8.80. The minimum Gasteiger partial charge on any atom is -0.308 e. The largest absolute Gasteiger partial charge is 0.308 e. The molecule has 6 heteroatoms. The number of rotatable bonds is 6. The number of benzene rings is 10. The summed E-state index contributed by atoms with van der Waals surface area (Å²) in [4.78, 5) is 17.0. The number of fused-ring (bicyclic) bond motifs is 15. The van der Waals surface area contributed by atoms with Crippen LogP contribution in [0.3, 0.4) is 0 Å². The van der Waals surface area contributed by atoms with E-state index >= 15 is 0 Å². The lowest BCUT2D eigenvalue weighted by Crippen LogP contribution is -2.15. The molecule has 5 heterocycles. The Morgan fingerprint density at radius 3 is 1.31 bits per heavy atom. The van der Waals surface area contributed by atoms with Crippen LogP contribution in [0.2, 0.25) is 0 Å². The first-order valence-electron chi connectivity index (χ1n) is 25.8. The minimum atomic E-state index is -0.150. The van der Waals surface area contributed by atoms with Gasteiger partial charge in [-0.1, -0.05) is 163 Å². The first kappa shape index (κ1) is 42.7. The molecule has 0 saturated heterocycles. The number of hydrogen-bond acceptors (Lipinski definition) is 4. The van der Waals surface area contributed by atoms with Gasteiger partial charge in [0.15, 0.2) is 11.3 Å². The molecule has 5 aromatic heterocycles. The van der Waals surface area contributed by atoms with Crippen molar-refractivity contribution in [2.45, 2.75) is 52.4 Å². The van der Waals surface area contributed by atoms with Gasteiger partial charge in [0.25, 0.3) is 0 Å². The highest BCUT2D eigenvalue weighted by Gasteiger charge is 2.32. The van der Waals surface area contributed by atoms with Crippen LogP contribution < -0.4 is 9.80 Å². The molecule has 0 amide bonds. The van der Waals surface area contributed by atoms with Gasteiger partial charge in [-0.25, -0.2) is 9.97 Å². The van der Waals surface area contributed by atoms with Gasteiger partial charge in [0.2, 0.25) is 0 Å². The third-order valence-electron chi connectivity index (χ3n) is 15.7. The molecular formula is C68H52N6. The second-order valence-corrected chi connectivity index (χ2v) is 22.3. The van der Waals surface area contributed by atoms with Crippen molar-refractivity contribution in [3.05, 3.63) is 217 Å². The highest BCUT2D eigenvalue weighted by atomic mass is 15.2. The van der Waals surface area contributed by atoms with Gasteiger partial charge in [0.1, 0.15) is 11.0 Å². The maximum atomic E-state index is 6.07. The van der Waals surface area contributed by atoms with Crippen LogP contribution in [0, 0.1) is 0 Å². The number of hydrogen-bond donors (Lipinski definition) is 0. The summed E-state index contributed by atoms with van der Waals surface area (Å²) in [7, 11) is 0. The monoisotopic (exact) mass is 952 g/mol. The molecule has 0 unspecified atom stereocenters. The average Bonchev–Trinajstić information content (AvgIpc) is 4.17. The minimum absolute atomic E-state index is 0.139. The highest BCUT2D eigenvalue weighted by molar-refractivity contribution is 6.34. The molecule has 0 fully saturated rings. The average molecular weight is 953 g/mol. The highest BCUT2D eigenvalue weighted by Crippen LogP contribution is 2.52. The first-order valence-corrected chi connectivity index (χ1v) is 25.8. The standard InChI is InChI=1S/C68H52N6/c1-67(2,3)43-37-53-54-38-44(68(4,5)6)40-56(71(45-25-11-7-12-26-45)46-27-13-8-14-28-46)61(54)73-60(53)55(39-43)58-65(73)70-59-57-49-33-21-19-23-41(49)35-51-52-36-42-24-20-22-34-50(42)63(64(52)74(62(51)57)66(59)69-58)72(47-29-15-9-16-30-47)48-31-17-10-18-32-48/h7-40H,1-6H3. The van der Waals surface area contributed by atoms with Crippen molar-refractivity contribution in [2.24, 2.45) is 0 Å². The van der Waals surface area contributed by atoms with E-state index in [4.69, 9.17) is 9.97 Å². The Labute approximate surface area is 428 Å². The maximum absolute atomic E-state index is 6.07. The van der Waals surface area contributed by atoms with Gasteiger partial charge in [-0.3, -0.25) is 8.80 Å². The smallest absolute Gasteiger partial charge is 0.165 e. The molecule has 15 aromatic rings. The van der Waals surface area contributed by atoms with Gasteiger partial charge >= 0.3 is 0 Å². The number of nitrogens with zero attached hydrogens (tertiary/aromatic N) is 6. The Morgan fingerprint density at radius 1 is 0.338 bits per heavy atom. The van der Waals surface area contributed by atoms with E-state index in [9.17, 15) is 0 Å². The van der Waals surface area contributed by atoms with E-state index in [-0.39, 0.29) is 10.8 Å². The SMILES string of the molecule is CC(C)(C)c1cc(N(c2ccccc2)c2ccccc2)c2c(c1)c1cc(C(C)(C)C)cc3c4nc5c(nc4n2c13)c1c2ccccc2cc2c3cc4ccccc4c(N(c4ccccc4)c4ccccc4)c3n5c21. The molecule has 0 radical (unpaired) electrons. The number of para-hydroxylation sites is 4. The molecule has 74 heavy (non-hydrogen) atoms. The quantitative estimate of drug-likeness (QED) is 0.167. The molecule has 15 rings (SSSR count). The predicted octanol–water partition coefficient (Wildman–Crippen LogP) is 18.6. The third-order valence-corrected chi connectivity index (χ3v) is 15.7. The third kappa shape index (κ3) is 5.99. The Morgan fingerprint density at radius 2 is 0.743 bits per heavy atom. The van der Waals surface area contributed by atoms with Crippen LogP contribution in [0.5, 0.6) is 0 Å². The van der Waals surface area contributed by atoms with E-state index in [1.807, 2.05) is 0 Å². The molecule has 0 spiro atoms. The molecule has 0 saturated carbocycles. The molecule has 0 aliphatic carbocycles. The first-order chi connectivity index (χ1) is 36.0. The predicted molar refractivity (Wildman–Crippen MR) is 313 cm³/mol. The zero-order valence-electron chi connectivity index (χ0n) is 42.3. The van der Waals surface area contributed by atoms with E-state index in [0.717, 1.165) is 100 Å². The van der Waals surface area contributed by atoms with Crippen LogP contribution >= 0.6 is 0 Å². The molecule has 354 valence electrons. The van der Waals surface area contributed by atoms with Gasteiger partial charge in [0.05, 0.1) is 33.4 Å². The summed E-state index contributed by atoms with van der Waals surface area (Å²) in [6.07, 6.45) is 0. The van der Waals surface area contributed by atoms with E-state index in [2.05, 4.69) is 266 Å². The van der Waals surface area contributed by atoms with Gasteiger partial charge < -0.3 is 9.80 Å². The molecule has 0 aliphatic rings. The summed E-state index contributed by atoms with van der Waals surface area (Å²) in [5.41, 5.74) is 16.8. The summed E-state index contributed by atoms with van der Waals surface area (Å²) in [5, 5.41) is 11.7. The summed E-state index contributed by atoms with van der Waals surface area (Å²) in [6.45, 7) is 13.9. The van der Waals surface area contributed by atoms with Crippen molar-refractivity contribution in [1.82, 2.24) is 18.8 Å². The lowest BCUT2D eigenvalue weighted by molar-refractivity contribution is 0.591. The van der Waals surface area contributed by atoms with Crippen molar-refractivity contribution >= 4 is 132 Å². The Bertz CT molecular complexity index is 4640. The molecule has 6 nitrogen and oxygen atoms in total. The molecule has 0 bridgehead atoms. The van der Waals surface area contributed by atoms with Crippen LogP contribution in [-0.4, -0.2) is 18.8 Å². The van der Waals surface area contributed by atoms with Crippen LogP contribution in [0.4, 0.5) is 34.1 Å². The van der Waals surface area contributed by atoms with E-state index < -0.39 is 0 Å². The molecule has 0 N–H and O–H groups in total. The van der Waals surface area contributed by atoms with E-state index in [1.54, 1.807) is 0 Å². The molecule has 0 aliphatic heterocycles. The second-order valence-electron chi connectivity index (χ2n) is 22.3. The topological polar surface area (TPSA) is 41.1 Å². The molecule has 10 aromatic carbocycles.